The zero-order valence-corrected chi connectivity index (χ0v) is 13.5. The maximum Gasteiger partial charge on any atom is 0.248 e. The van der Waals surface area contributed by atoms with E-state index in [2.05, 4.69) is 11.6 Å². The van der Waals surface area contributed by atoms with E-state index in [4.69, 9.17) is 0 Å². The predicted molar refractivity (Wildman–Crippen MR) is 80.2 cm³/mol. The van der Waals surface area contributed by atoms with Gasteiger partial charge in [-0.05, 0) is 44.6 Å². The molecule has 0 aromatic heterocycles. The number of unbranched alkanes of at least 4 members (excludes halogenated alkanes) is 1. The molecule has 1 unspecified atom stereocenters. The highest BCUT2D eigenvalue weighted by molar-refractivity contribution is 7.98. The first-order chi connectivity index (χ1) is 8.81. The van der Waals surface area contributed by atoms with Crippen LogP contribution in [0.4, 0.5) is 0 Å². The zero-order valence-electron chi connectivity index (χ0n) is 12.7. The van der Waals surface area contributed by atoms with Gasteiger partial charge in [-0.15, -0.1) is 0 Å². The number of hydrogen-bond donors (Lipinski definition) is 1. The third kappa shape index (κ3) is 3.88. The van der Waals surface area contributed by atoms with E-state index in [9.17, 15) is 9.59 Å². The average Bonchev–Trinajstić information content (AvgIpc) is 2.29. The van der Waals surface area contributed by atoms with E-state index in [1.165, 1.54) is 0 Å². The van der Waals surface area contributed by atoms with Crippen molar-refractivity contribution in [1.29, 1.82) is 0 Å². The standard InChI is InChI=1S/C14H26N2O2S/c1-10(2)11-12(17)15-14(3,4)13(18)16(11)8-6-7-9-19-5/h10-11H,6-9H2,1-5H3,(H,15,17). The molecule has 0 saturated carbocycles. The molecule has 1 saturated heterocycles. The van der Waals surface area contributed by atoms with Crippen molar-refractivity contribution >= 4 is 23.6 Å². The summed E-state index contributed by atoms with van der Waals surface area (Å²) in [6.07, 6.45) is 4.12. The summed E-state index contributed by atoms with van der Waals surface area (Å²) in [5, 5.41) is 2.83. The van der Waals surface area contributed by atoms with Crippen LogP contribution in [0, 0.1) is 5.92 Å². The summed E-state index contributed by atoms with van der Waals surface area (Å²) >= 11 is 1.81. The van der Waals surface area contributed by atoms with Gasteiger partial charge in [-0.1, -0.05) is 13.8 Å². The van der Waals surface area contributed by atoms with Crippen molar-refractivity contribution in [3.63, 3.8) is 0 Å². The minimum atomic E-state index is -0.776. The van der Waals surface area contributed by atoms with Crippen molar-refractivity contribution in [2.24, 2.45) is 5.92 Å². The van der Waals surface area contributed by atoms with Gasteiger partial charge in [0.25, 0.3) is 0 Å². The van der Waals surface area contributed by atoms with Crippen molar-refractivity contribution in [2.45, 2.75) is 52.1 Å². The first-order valence-corrected chi connectivity index (χ1v) is 8.32. The van der Waals surface area contributed by atoms with Crippen molar-refractivity contribution in [3.8, 4) is 0 Å². The van der Waals surface area contributed by atoms with Crippen LogP contribution in [0.2, 0.25) is 0 Å². The van der Waals surface area contributed by atoms with Gasteiger partial charge in [0, 0.05) is 6.54 Å². The molecule has 1 heterocycles. The Kier molecular flexibility index (Phi) is 5.71. The van der Waals surface area contributed by atoms with Crippen molar-refractivity contribution in [2.75, 3.05) is 18.6 Å². The molecule has 1 N–H and O–H groups in total. The highest BCUT2D eigenvalue weighted by atomic mass is 32.2. The Morgan fingerprint density at radius 3 is 2.47 bits per heavy atom. The molecule has 1 aliphatic rings. The molecule has 2 amide bonds. The molecule has 1 atom stereocenters. The van der Waals surface area contributed by atoms with Crippen LogP contribution in [0.15, 0.2) is 0 Å². The molecule has 19 heavy (non-hydrogen) atoms. The Bertz CT molecular complexity index is 342. The molecule has 0 aliphatic carbocycles. The number of nitrogens with one attached hydrogen (secondary N) is 1. The molecule has 110 valence electrons. The Hall–Kier alpha value is -0.710. The molecular weight excluding hydrogens is 260 g/mol. The Labute approximate surface area is 120 Å². The summed E-state index contributed by atoms with van der Waals surface area (Å²) in [4.78, 5) is 26.4. The fourth-order valence-electron chi connectivity index (χ4n) is 2.49. The van der Waals surface area contributed by atoms with Crippen molar-refractivity contribution in [3.05, 3.63) is 0 Å². The van der Waals surface area contributed by atoms with E-state index in [0.717, 1.165) is 18.6 Å². The lowest BCUT2D eigenvalue weighted by Crippen LogP contribution is -2.69. The third-order valence-electron chi connectivity index (χ3n) is 3.46. The highest BCUT2D eigenvalue weighted by Gasteiger charge is 2.45. The summed E-state index contributed by atoms with van der Waals surface area (Å²) < 4.78 is 0. The molecule has 0 radical (unpaired) electrons. The lowest BCUT2D eigenvalue weighted by atomic mass is 9.91. The Balaban J connectivity index is 2.78. The molecular formula is C14H26N2O2S. The second kappa shape index (κ2) is 6.64. The largest absolute Gasteiger partial charge is 0.340 e. The van der Waals surface area contributed by atoms with Crippen LogP contribution in [0.1, 0.15) is 40.5 Å². The number of hydrogen-bond acceptors (Lipinski definition) is 3. The van der Waals surface area contributed by atoms with E-state index < -0.39 is 5.54 Å². The van der Waals surface area contributed by atoms with E-state index in [0.29, 0.717) is 6.54 Å². The van der Waals surface area contributed by atoms with Crippen molar-refractivity contribution in [1.82, 2.24) is 10.2 Å². The van der Waals surface area contributed by atoms with E-state index in [1.54, 1.807) is 18.7 Å². The van der Waals surface area contributed by atoms with E-state index >= 15 is 0 Å². The summed E-state index contributed by atoms with van der Waals surface area (Å²) in [7, 11) is 0. The maximum absolute atomic E-state index is 12.5. The van der Waals surface area contributed by atoms with Gasteiger partial charge in [-0.3, -0.25) is 9.59 Å². The van der Waals surface area contributed by atoms with Gasteiger partial charge in [0.2, 0.25) is 11.8 Å². The number of carbonyl (C=O) groups is 2. The maximum atomic E-state index is 12.5. The molecule has 0 spiro atoms. The van der Waals surface area contributed by atoms with Crippen LogP contribution in [0.25, 0.3) is 0 Å². The number of carbonyl (C=O) groups excluding carboxylic acids is 2. The van der Waals surface area contributed by atoms with Crippen LogP contribution in [0.5, 0.6) is 0 Å². The van der Waals surface area contributed by atoms with Crippen LogP contribution in [-0.2, 0) is 9.59 Å². The van der Waals surface area contributed by atoms with Crippen molar-refractivity contribution < 1.29 is 9.59 Å². The molecule has 1 fully saturated rings. The summed E-state index contributed by atoms with van der Waals surface area (Å²) in [5.74, 6) is 1.25. The fourth-order valence-corrected chi connectivity index (χ4v) is 2.99. The van der Waals surface area contributed by atoms with Crippen LogP contribution < -0.4 is 5.32 Å². The third-order valence-corrected chi connectivity index (χ3v) is 4.16. The highest BCUT2D eigenvalue weighted by Crippen LogP contribution is 2.23. The SMILES string of the molecule is CSCCCCN1C(=O)C(C)(C)NC(=O)C1C(C)C. The molecule has 0 aromatic carbocycles. The fraction of sp³-hybridized carbons (Fsp3) is 0.857. The minimum absolute atomic E-state index is 0.0236. The second-order valence-corrected chi connectivity index (χ2v) is 6.99. The van der Waals surface area contributed by atoms with Gasteiger partial charge in [0.05, 0.1) is 0 Å². The minimum Gasteiger partial charge on any atom is -0.340 e. The normalized spacial score (nSPS) is 22.8. The monoisotopic (exact) mass is 286 g/mol. The smallest absolute Gasteiger partial charge is 0.248 e. The Morgan fingerprint density at radius 1 is 1.32 bits per heavy atom. The first-order valence-electron chi connectivity index (χ1n) is 6.93. The van der Waals surface area contributed by atoms with Crippen LogP contribution in [-0.4, -0.2) is 46.8 Å². The molecule has 1 aliphatic heterocycles. The molecule has 0 bridgehead atoms. The van der Waals surface area contributed by atoms with Gasteiger partial charge in [-0.2, -0.15) is 11.8 Å². The van der Waals surface area contributed by atoms with Crippen LogP contribution >= 0.6 is 11.8 Å². The van der Waals surface area contributed by atoms with E-state index in [-0.39, 0.29) is 23.8 Å². The Morgan fingerprint density at radius 2 is 1.95 bits per heavy atom. The number of nitrogens with zero attached hydrogens (tertiary/aromatic N) is 1. The van der Waals surface area contributed by atoms with Gasteiger partial charge >= 0.3 is 0 Å². The van der Waals surface area contributed by atoms with Gasteiger partial charge in [0.1, 0.15) is 11.6 Å². The lowest BCUT2D eigenvalue weighted by Gasteiger charge is -2.44. The lowest BCUT2D eigenvalue weighted by molar-refractivity contribution is -0.155. The number of amides is 2. The summed E-state index contributed by atoms with van der Waals surface area (Å²) in [5.41, 5.74) is -0.776. The molecule has 4 nitrogen and oxygen atoms in total. The second-order valence-electron chi connectivity index (χ2n) is 6.00. The van der Waals surface area contributed by atoms with Gasteiger partial charge in [-0.25, -0.2) is 0 Å². The van der Waals surface area contributed by atoms with Gasteiger partial charge < -0.3 is 10.2 Å². The molecule has 1 rings (SSSR count). The number of rotatable bonds is 6. The topological polar surface area (TPSA) is 49.4 Å². The summed E-state index contributed by atoms with van der Waals surface area (Å²) in [6, 6.07) is -0.324. The molecule has 0 aromatic rings. The van der Waals surface area contributed by atoms with E-state index in [1.807, 2.05) is 25.6 Å². The average molecular weight is 286 g/mol. The summed E-state index contributed by atoms with van der Waals surface area (Å²) in [6.45, 7) is 8.21. The van der Waals surface area contributed by atoms with Crippen LogP contribution in [0.3, 0.4) is 0 Å². The van der Waals surface area contributed by atoms with Gasteiger partial charge in [0.15, 0.2) is 0 Å². The first kappa shape index (κ1) is 16.3. The predicted octanol–water partition coefficient (Wildman–Crippen LogP) is 1.89. The quantitative estimate of drug-likeness (QED) is 0.759. The molecule has 5 heteroatoms. The zero-order chi connectivity index (χ0) is 14.6. The number of piperazine rings is 1. The number of thioether (sulfide) groups is 1.